The molecular weight excluding hydrogens is 444 g/mol. The number of carbonyl (C=O) groups excluding carboxylic acids is 1. The van der Waals surface area contributed by atoms with Crippen molar-refractivity contribution in [1.29, 1.82) is 0 Å². The summed E-state index contributed by atoms with van der Waals surface area (Å²) in [5, 5.41) is 14.0. The fourth-order valence-electron chi connectivity index (χ4n) is 2.42. The zero-order valence-electron chi connectivity index (χ0n) is 14.3. The number of carbonyl (C=O) groups is 1. The summed E-state index contributed by atoms with van der Waals surface area (Å²) in [6.45, 7) is 0. The van der Waals surface area contributed by atoms with Crippen molar-refractivity contribution < 1.29 is 14.5 Å². The third-order valence-electron chi connectivity index (χ3n) is 3.75. The van der Waals surface area contributed by atoms with Crippen LogP contribution < -0.4 is 10.1 Å². The van der Waals surface area contributed by atoms with Gasteiger partial charge in [0.1, 0.15) is 5.75 Å². The van der Waals surface area contributed by atoms with Gasteiger partial charge in [0, 0.05) is 27.9 Å². The molecular formula is C20H13BrN2O4S. The van der Waals surface area contributed by atoms with E-state index in [1.54, 1.807) is 42.5 Å². The van der Waals surface area contributed by atoms with Crippen molar-refractivity contribution in [2.24, 2.45) is 0 Å². The Balaban J connectivity index is 1.89. The fourth-order valence-corrected chi connectivity index (χ4v) is 2.89. The third kappa shape index (κ3) is 4.79. The van der Waals surface area contributed by atoms with E-state index in [1.807, 2.05) is 12.1 Å². The van der Waals surface area contributed by atoms with Crippen LogP contribution in [0.5, 0.6) is 5.75 Å². The van der Waals surface area contributed by atoms with E-state index in [-0.39, 0.29) is 22.2 Å². The van der Waals surface area contributed by atoms with Crippen LogP contribution in [0, 0.1) is 10.1 Å². The summed E-state index contributed by atoms with van der Waals surface area (Å²) in [6.07, 6.45) is 0. The number of non-ortho nitro benzene ring substituents is 1. The first-order valence-corrected chi connectivity index (χ1v) is 9.27. The number of hydrogen-bond donors (Lipinski definition) is 1. The van der Waals surface area contributed by atoms with Gasteiger partial charge >= 0.3 is 0 Å². The molecule has 0 aromatic heterocycles. The largest absolute Gasteiger partial charge is 0.431 e. The molecule has 0 bridgehead atoms. The number of nitrogens with one attached hydrogen (secondary N) is 1. The van der Waals surface area contributed by atoms with Gasteiger partial charge in [-0.25, -0.2) is 0 Å². The summed E-state index contributed by atoms with van der Waals surface area (Å²) in [7, 11) is 0. The number of nitro groups is 1. The standard InChI is InChI=1S/C20H13BrN2O4S/c21-14-6-8-15(9-7-14)22-20(28)27-18-11-10-16(23(25)26)12-17(18)19(24)13-4-2-1-3-5-13/h1-12H,(H,22,28). The van der Waals surface area contributed by atoms with Crippen molar-refractivity contribution in [2.45, 2.75) is 0 Å². The Bertz CT molecular complexity index is 1040. The lowest BCUT2D eigenvalue weighted by atomic mass is 10.0. The number of hydrogen-bond acceptors (Lipinski definition) is 5. The second-order valence-electron chi connectivity index (χ2n) is 5.65. The minimum atomic E-state index is -0.566. The van der Waals surface area contributed by atoms with Gasteiger partial charge in [-0.1, -0.05) is 46.3 Å². The average molecular weight is 457 g/mol. The minimum absolute atomic E-state index is 0.0123. The maximum absolute atomic E-state index is 12.8. The molecule has 0 fully saturated rings. The molecule has 6 nitrogen and oxygen atoms in total. The first kappa shape index (κ1) is 19.7. The van der Waals surface area contributed by atoms with Crippen LogP contribution in [0.4, 0.5) is 11.4 Å². The fraction of sp³-hybridized carbons (Fsp3) is 0. The third-order valence-corrected chi connectivity index (χ3v) is 4.46. The van der Waals surface area contributed by atoms with Gasteiger partial charge in [0.05, 0.1) is 10.5 Å². The second-order valence-corrected chi connectivity index (χ2v) is 6.94. The number of halogens is 1. The highest BCUT2D eigenvalue weighted by Gasteiger charge is 2.20. The Labute approximate surface area is 174 Å². The van der Waals surface area contributed by atoms with Crippen molar-refractivity contribution in [3.63, 3.8) is 0 Å². The minimum Gasteiger partial charge on any atom is -0.431 e. The number of benzene rings is 3. The van der Waals surface area contributed by atoms with Crippen molar-refractivity contribution in [2.75, 3.05) is 5.32 Å². The Morgan fingerprint density at radius 2 is 1.71 bits per heavy atom. The first-order chi connectivity index (χ1) is 13.4. The number of ketones is 1. The van der Waals surface area contributed by atoms with Crippen molar-refractivity contribution >= 4 is 50.5 Å². The first-order valence-electron chi connectivity index (χ1n) is 8.06. The lowest BCUT2D eigenvalue weighted by Crippen LogP contribution is -2.18. The van der Waals surface area contributed by atoms with Crippen LogP contribution in [0.15, 0.2) is 77.3 Å². The maximum Gasteiger partial charge on any atom is 0.270 e. The van der Waals surface area contributed by atoms with E-state index in [0.29, 0.717) is 11.3 Å². The summed E-state index contributed by atoms with van der Waals surface area (Å²) in [5.74, 6) is -0.264. The molecule has 3 aromatic rings. The van der Waals surface area contributed by atoms with Crippen LogP contribution in [0.25, 0.3) is 0 Å². The molecule has 3 rings (SSSR count). The van der Waals surface area contributed by atoms with Gasteiger partial charge in [-0.2, -0.15) is 0 Å². The van der Waals surface area contributed by atoms with Crippen LogP contribution in [-0.4, -0.2) is 15.9 Å². The van der Waals surface area contributed by atoms with E-state index >= 15 is 0 Å². The molecule has 0 aliphatic carbocycles. The predicted octanol–water partition coefficient (Wildman–Crippen LogP) is 5.36. The maximum atomic E-state index is 12.8. The molecule has 0 aliphatic rings. The number of nitrogens with zero attached hydrogens (tertiary/aromatic N) is 1. The molecule has 28 heavy (non-hydrogen) atoms. The highest BCUT2D eigenvalue weighted by atomic mass is 79.9. The summed E-state index contributed by atoms with van der Waals surface area (Å²) >= 11 is 8.56. The molecule has 0 saturated carbocycles. The van der Waals surface area contributed by atoms with E-state index in [2.05, 4.69) is 21.2 Å². The van der Waals surface area contributed by atoms with E-state index < -0.39 is 10.7 Å². The summed E-state index contributed by atoms with van der Waals surface area (Å²) in [4.78, 5) is 23.4. The second kappa shape index (κ2) is 8.73. The van der Waals surface area contributed by atoms with Crippen molar-refractivity contribution in [1.82, 2.24) is 0 Å². The van der Waals surface area contributed by atoms with E-state index in [4.69, 9.17) is 17.0 Å². The number of anilines is 1. The monoisotopic (exact) mass is 456 g/mol. The number of rotatable bonds is 5. The summed E-state index contributed by atoms with van der Waals surface area (Å²) in [6, 6.07) is 19.5. The molecule has 0 unspecified atom stereocenters. The van der Waals surface area contributed by atoms with Crippen LogP contribution >= 0.6 is 28.1 Å². The van der Waals surface area contributed by atoms with Crippen LogP contribution in [0.1, 0.15) is 15.9 Å². The van der Waals surface area contributed by atoms with E-state index in [9.17, 15) is 14.9 Å². The normalized spacial score (nSPS) is 10.2. The van der Waals surface area contributed by atoms with Crippen molar-refractivity contribution in [3.8, 4) is 5.75 Å². The van der Waals surface area contributed by atoms with Crippen LogP contribution in [-0.2, 0) is 0 Å². The zero-order chi connectivity index (χ0) is 20.1. The van der Waals surface area contributed by atoms with Gasteiger partial charge in [0.2, 0.25) is 0 Å². The van der Waals surface area contributed by atoms with Gasteiger partial charge in [0.15, 0.2) is 5.78 Å². The topological polar surface area (TPSA) is 81.5 Å². The summed E-state index contributed by atoms with van der Waals surface area (Å²) in [5.41, 5.74) is 0.935. The van der Waals surface area contributed by atoms with Gasteiger partial charge in [0.25, 0.3) is 10.9 Å². The predicted molar refractivity (Wildman–Crippen MR) is 114 cm³/mol. The van der Waals surface area contributed by atoms with Gasteiger partial charge in [-0.05, 0) is 42.5 Å². The molecule has 0 radical (unpaired) electrons. The van der Waals surface area contributed by atoms with E-state index in [0.717, 1.165) is 4.47 Å². The molecule has 0 amide bonds. The molecule has 0 aliphatic heterocycles. The SMILES string of the molecule is O=C(c1ccccc1)c1cc([N+](=O)[O-])ccc1OC(=S)Nc1ccc(Br)cc1. The highest BCUT2D eigenvalue weighted by Crippen LogP contribution is 2.27. The number of nitro benzene ring substituents is 1. The van der Waals surface area contributed by atoms with Gasteiger partial charge in [-0.3, -0.25) is 14.9 Å². The molecule has 8 heteroatoms. The highest BCUT2D eigenvalue weighted by molar-refractivity contribution is 9.10. The Morgan fingerprint density at radius 1 is 1.04 bits per heavy atom. The van der Waals surface area contributed by atoms with Gasteiger partial charge < -0.3 is 10.1 Å². The van der Waals surface area contributed by atoms with Crippen LogP contribution in [0.2, 0.25) is 0 Å². The van der Waals surface area contributed by atoms with Gasteiger partial charge in [-0.15, -0.1) is 0 Å². The molecule has 140 valence electrons. The Kier molecular flexibility index (Phi) is 6.13. The molecule has 0 heterocycles. The lowest BCUT2D eigenvalue weighted by Gasteiger charge is -2.13. The van der Waals surface area contributed by atoms with Crippen molar-refractivity contribution in [3.05, 3.63) is 98.5 Å². The molecule has 0 atom stereocenters. The molecule has 3 aromatic carbocycles. The quantitative estimate of drug-likeness (QED) is 0.240. The molecule has 0 spiro atoms. The molecule has 0 saturated heterocycles. The Hall–Kier alpha value is -3.10. The van der Waals surface area contributed by atoms with E-state index in [1.165, 1.54) is 18.2 Å². The lowest BCUT2D eigenvalue weighted by molar-refractivity contribution is -0.384. The smallest absolute Gasteiger partial charge is 0.270 e. The average Bonchev–Trinajstić information content (AvgIpc) is 2.70. The Morgan fingerprint density at radius 3 is 2.36 bits per heavy atom. The zero-order valence-corrected chi connectivity index (χ0v) is 16.7. The number of thiocarbonyl (C=S) groups is 1. The summed E-state index contributed by atoms with van der Waals surface area (Å²) < 4.78 is 6.54. The van der Waals surface area contributed by atoms with Crippen LogP contribution in [0.3, 0.4) is 0 Å². The number of ether oxygens (including phenoxy) is 1. The molecule has 1 N–H and O–H groups in total.